The van der Waals surface area contributed by atoms with Crippen LogP contribution >= 0.6 is 0 Å². The average molecular weight is 156 g/mol. The minimum absolute atomic E-state index is 0.0647. The summed E-state index contributed by atoms with van der Waals surface area (Å²) in [5.74, 6) is 5.42. The van der Waals surface area contributed by atoms with Crippen LogP contribution in [0.4, 0.5) is 0 Å². The van der Waals surface area contributed by atoms with E-state index in [2.05, 4.69) is 11.8 Å². The highest BCUT2D eigenvalue weighted by atomic mass is 16.3. The van der Waals surface area contributed by atoms with E-state index in [1.54, 1.807) is 6.92 Å². The Morgan fingerprint density at radius 1 is 1.45 bits per heavy atom. The monoisotopic (exact) mass is 156 g/mol. The van der Waals surface area contributed by atoms with Crippen molar-refractivity contribution in [3.8, 4) is 11.8 Å². The Morgan fingerprint density at radius 2 is 2.09 bits per heavy atom. The van der Waals surface area contributed by atoms with Crippen LogP contribution in [0.1, 0.15) is 33.1 Å². The molecular weight excluding hydrogens is 140 g/mol. The van der Waals surface area contributed by atoms with Crippen molar-refractivity contribution in [3.63, 3.8) is 0 Å². The fourth-order valence-electron chi connectivity index (χ4n) is 0.858. The summed E-state index contributed by atoms with van der Waals surface area (Å²) < 4.78 is 0. The molecule has 0 rings (SSSR count). The van der Waals surface area contributed by atoms with Crippen LogP contribution in [0.5, 0.6) is 0 Å². The highest BCUT2D eigenvalue weighted by molar-refractivity contribution is 5.11. The molecule has 0 spiro atoms. The van der Waals surface area contributed by atoms with Gasteiger partial charge < -0.3 is 10.2 Å². The molecule has 0 radical (unpaired) electrons. The second-order valence-corrected chi connectivity index (χ2v) is 2.80. The number of hydrogen-bond acceptors (Lipinski definition) is 2. The van der Waals surface area contributed by atoms with E-state index in [0.717, 1.165) is 6.42 Å². The van der Waals surface area contributed by atoms with Gasteiger partial charge in [0.15, 0.2) is 0 Å². The van der Waals surface area contributed by atoms with E-state index < -0.39 is 5.60 Å². The van der Waals surface area contributed by atoms with Crippen LogP contribution in [-0.4, -0.2) is 22.4 Å². The second-order valence-electron chi connectivity index (χ2n) is 2.80. The maximum absolute atomic E-state index is 9.49. The molecule has 0 heterocycles. The molecule has 0 aliphatic rings. The van der Waals surface area contributed by atoms with Crippen LogP contribution in [0.15, 0.2) is 0 Å². The first-order chi connectivity index (χ1) is 5.12. The van der Waals surface area contributed by atoms with E-state index in [1.807, 2.05) is 6.92 Å². The Labute approximate surface area is 68.2 Å². The van der Waals surface area contributed by atoms with E-state index in [9.17, 15) is 5.11 Å². The Morgan fingerprint density at radius 3 is 2.55 bits per heavy atom. The lowest BCUT2D eigenvalue weighted by atomic mass is 10.0. The number of hydrogen-bond donors (Lipinski definition) is 2. The highest BCUT2D eigenvalue weighted by Gasteiger charge is 2.13. The summed E-state index contributed by atoms with van der Waals surface area (Å²) in [6.07, 6.45) is 2.05. The van der Waals surface area contributed by atoms with Crippen molar-refractivity contribution in [1.29, 1.82) is 0 Å². The van der Waals surface area contributed by atoms with Gasteiger partial charge in [0.05, 0.1) is 6.61 Å². The fraction of sp³-hybridized carbons (Fsp3) is 0.778. The number of rotatable bonds is 3. The lowest BCUT2D eigenvalue weighted by Crippen LogP contribution is -2.20. The predicted octanol–water partition coefficient (Wildman–Crippen LogP) is 0.923. The van der Waals surface area contributed by atoms with Crippen LogP contribution in [0.2, 0.25) is 0 Å². The number of aliphatic hydroxyl groups excluding tert-OH is 1. The van der Waals surface area contributed by atoms with E-state index in [0.29, 0.717) is 12.8 Å². The van der Waals surface area contributed by atoms with E-state index >= 15 is 0 Å². The Bertz CT molecular complexity index is 151. The summed E-state index contributed by atoms with van der Waals surface area (Å²) >= 11 is 0. The molecule has 0 amide bonds. The minimum atomic E-state index is -0.871. The summed E-state index contributed by atoms with van der Waals surface area (Å²) in [6.45, 7) is 3.76. The van der Waals surface area contributed by atoms with E-state index in [4.69, 9.17) is 5.11 Å². The Hall–Kier alpha value is -0.520. The fourth-order valence-corrected chi connectivity index (χ4v) is 0.858. The van der Waals surface area contributed by atoms with Crippen molar-refractivity contribution in [1.82, 2.24) is 0 Å². The van der Waals surface area contributed by atoms with Gasteiger partial charge in [0.25, 0.3) is 0 Å². The number of aliphatic hydroxyl groups is 2. The van der Waals surface area contributed by atoms with Gasteiger partial charge in [0, 0.05) is 6.42 Å². The smallest absolute Gasteiger partial charge is 0.122 e. The summed E-state index contributed by atoms with van der Waals surface area (Å²) in [5, 5.41) is 17.9. The minimum Gasteiger partial charge on any atom is -0.395 e. The summed E-state index contributed by atoms with van der Waals surface area (Å²) in [4.78, 5) is 0. The molecule has 1 atom stereocenters. The molecule has 11 heavy (non-hydrogen) atoms. The zero-order chi connectivity index (χ0) is 8.74. The molecule has 0 aromatic carbocycles. The van der Waals surface area contributed by atoms with Gasteiger partial charge in [-0.15, -0.1) is 0 Å². The molecule has 0 aliphatic carbocycles. The van der Waals surface area contributed by atoms with Crippen LogP contribution in [0.3, 0.4) is 0 Å². The molecule has 2 heteroatoms. The molecule has 0 fully saturated rings. The summed E-state index contributed by atoms with van der Waals surface area (Å²) in [7, 11) is 0. The normalized spacial score (nSPS) is 14.9. The standard InChI is InChI=1S/C9H16O2/c1-3-6-9(2,11)7-4-5-8-10/h10-11H,3,5-6,8H2,1-2H3. The van der Waals surface area contributed by atoms with Crippen molar-refractivity contribution in [2.75, 3.05) is 6.61 Å². The molecule has 2 N–H and O–H groups in total. The van der Waals surface area contributed by atoms with Crippen LogP contribution < -0.4 is 0 Å². The molecule has 0 bridgehead atoms. The molecule has 0 aliphatic heterocycles. The molecule has 0 aromatic heterocycles. The topological polar surface area (TPSA) is 40.5 Å². The van der Waals surface area contributed by atoms with Crippen molar-refractivity contribution >= 4 is 0 Å². The largest absolute Gasteiger partial charge is 0.395 e. The molecule has 0 aromatic rings. The highest BCUT2D eigenvalue weighted by Crippen LogP contribution is 2.09. The third-order valence-corrected chi connectivity index (χ3v) is 1.33. The van der Waals surface area contributed by atoms with Gasteiger partial charge in [0.2, 0.25) is 0 Å². The Balaban J connectivity index is 3.81. The maximum atomic E-state index is 9.49. The predicted molar refractivity (Wildman–Crippen MR) is 45.0 cm³/mol. The molecule has 0 saturated heterocycles. The summed E-state index contributed by atoms with van der Waals surface area (Å²) in [5.41, 5.74) is -0.871. The van der Waals surface area contributed by atoms with Crippen LogP contribution in [-0.2, 0) is 0 Å². The van der Waals surface area contributed by atoms with Gasteiger partial charge in [-0.3, -0.25) is 0 Å². The van der Waals surface area contributed by atoms with Gasteiger partial charge in [-0.1, -0.05) is 25.2 Å². The quantitative estimate of drug-likeness (QED) is 0.597. The van der Waals surface area contributed by atoms with Crippen LogP contribution in [0.25, 0.3) is 0 Å². The average Bonchev–Trinajstić information content (AvgIpc) is 1.87. The van der Waals surface area contributed by atoms with Gasteiger partial charge in [0.1, 0.15) is 5.60 Å². The first-order valence-corrected chi connectivity index (χ1v) is 3.95. The molecule has 0 saturated carbocycles. The zero-order valence-electron chi connectivity index (χ0n) is 7.22. The lowest BCUT2D eigenvalue weighted by molar-refractivity contribution is 0.111. The van der Waals surface area contributed by atoms with Crippen molar-refractivity contribution in [2.24, 2.45) is 0 Å². The Kier molecular flexibility index (Phi) is 4.93. The van der Waals surface area contributed by atoms with Gasteiger partial charge in [-0.05, 0) is 13.3 Å². The first kappa shape index (κ1) is 10.5. The molecular formula is C9H16O2. The van der Waals surface area contributed by atoms with Gasteiger partial charge >= 0.3 is 0 Å². The molecule has 64 valence electrons. The van der Waals surface area contributed by atoms with Gasteiger partial charge in [-0.2, -0.15) is 0 Å². The maximum Gasteiger partial charge on any atom is 0.122 e. The SMILES string of the molecule is CCCC(C)(O)C#CCCO. The molecule has 1 unspecified atom stereocenters. The third kappa shape index (κ3) is 5.90. The van der Waals surface area contributed by atoms with Gasteiger partial charge in [-0.25, -0.2) is 0 Å². The summed E-state index contributed by atoms with van der Waals surface area (Å²) in [6, 6.07) is 0. The second kappa shape index (κ2) is 5.17. The molecule has 2 nitrogen and oxygen atoms in total. The zero-order valence-corrected chi connectivity index (χ0v) is 7.22. The van der Waals surface area contributed by atoms with Crippen LogP contribution in [0, 0.1) is 11.8 Å². The van der Waals surface area contributed by atoms with Crippen molar-refractivity contribution in [2.45, 2.75) is 38.7 Å². The van der Waals surface area contributed by atoms with Crippen molar-refractivity contribution in [3.05, 3.63) is 0 Å². The first-order valence-electron chi connectivity index (χ1n) is 3.95. The lowest BCUT2D eigenvalue weighted by Gasteiger charge is -2.13. The van der Waals surface area contributed by atoms with E-state index in [-0.39, 0.29) is 6.61 Å². The van der Waals surface area contributed by atoms with Crippen molar-refractivity contribution < 1.29 is 10.2 Å². The third-order valence-electron chi connectivity index (χ3n) is 1.33. The van der Waals surface area contributed by atoms with E-state index in [1.165, 1.54) is 0 Å².